The molecular formula is C20H23N3O2S. The van der Waals surface area contributed by atoms with E-state index in [0.29, 0.717) is 0 Å². The Bertz CT molecular complexity index is 797. The first-order valence-electron chi connectivity index (χ1n) is 9.04. The van der Waals surface area contributed by atoms with Gasteiger partial charge in [0.1, 0.15) is 0 Å². The normalized spacial score (nSPS) is 22.3. The SMILES string of the molecule is Cc1ccccc1N1C(=O)CC(N2CCN(Cc3cccs3)CC2)C1=O. The van der Waals surface area contributed by atoms with Crippen molar-refractivity contribution in [3.05, 3.63) is 52.2 Å². The lowest BCUT2D eigenvalue weighted by molar-refractivity contribution is -0.123. The highest BCUT2D eigenvalue weighted by atomic mass is 32.1. The first-order valence-corrected chi connectivity index (χ1v) is 9.92. The molecule has 0 radical (unpaired) electrons. The van der Waals surface area contributed by atoms with Crippen molar-refractivity contribution in [1.29, 1.82) is 0 Å². The van der Waals surface area contributed by atoms with Crippen LogP contribution in [-0.2, 0) is 16.1 Å². The van der Waals surface area contributed by atoms with Crippen LogP contribution in [0.1, 0.15) is 16.9 Å². The molecule has 0 saturated carbocycles. The first kappa shape index (κ1) is 17.4. The minimum Gasteiger partial charge on any atom is -0.296 e. The number of anilines is 1. The number of benzene rings is 1. The van der Waals surface area contributed by atoms with Gasteiger partial charge in [-0.25, -0.2) is 4.90 Å². The van der Waals surface area contributed by atoms with Crippen molar-refractivity contribution in [2.24, 2.45) is 0 Å². The van der Waals surface area contributed by atoms with Crippen molar-refractivity contribution in [2.45, 2.75) is 25.9 Å². The molecule has 0 spiro atoms. The number of hydrogen-bond donors (Lipinski definition) is 0. The van der Waals surface area contributed by atoms with Gasteiger partial charge in [-0.3, -0.25) is 19.4 Å². The largest absolute Gasteiger partial charge is 0.296 e. The van der Waals surface area contributed by atoms with E-state index in [2.05, 4.69) is 27.3 Å². The molecule has 26 heavy (non-hydrogen) atoms. The Labute approximate surface area is 157 Å². The van der Waals surface area contributed by atoms with E-state index in [9.17, 15) is 9.59 Å². The van der Waals surface area contributed by atoms with E-state index in [1.807, 2.05) is 31.2 Å². The van der Waals surface area contributed by atoms with Crippen LogP contribution in [-0.4, -0.2) is 53.8 Å². The number of amides is 2. The number of thiophene rings is 1. The predicted molar refractivity (Wildman–Crippen MR) is 103 cm³/mol. The van der Waals surface area contributed by atoms with Crippen molar-refractivity contribution < 1.29 is 9.59 Å². The molecule has 5 nitrogen and oxygen atoms in total. The van der Waals surface area contributed by atoms with Gasteiger partial charge in [0.05, 0.1) is 18.2 Å². The second-order valence-electron chi connectivity index (χ2n) is 6.97. The molecule has 0 aliphatic carbocycles. The fraction of sp³-hybridized carbons (Fsp3) is 0.400. The second kappa shape index (κ2) is 7.31. The van der Waals surface area contributed by atoms with Crippen LogP contribution >= 0.6 is 11.3 Å². The number of rotatable bonds is 4. The Kier molecular flexibility index (Phi) is 4.89. The molecule has 6 heteroatoms. The average molecular weight is 369 g/mol. The summed E-state index contributed by atoms with van der Waals surface area (Å²) in [5, 5.41) is 2.11. The maximum atomic E-state index is 13.0. The lowest BCUT2D eigenvalue weighted by atomic mass is 10.1. The summed E-state index contributed by atoms with van der Waals surface area (Å²) in [5.74, 6) is -0.161. The third-order valence-corrected chi connectivity index (χ3v) is 6.15. The molecule has 1 atom stereocenters. The van der Waals surface area contributed by atoms with Crippen molar-refractivity contribution in [1.82, 2.24) is 9.80 Å². The Morgan fingerprint density at radius 2 is 1.81 bits per heavy atom. The third-order valence-electron chi connectivity index (χ3n) is 5.29. The molecule has 2 saturated heterocycles. The highest BCUT2D eigenvalue weighted by molar-refractivity contribution is 7.09. The maximum Gasteiger partial charge on any atom is 0.251 e. The Balaban J connectivity index is 1.41. The van der Waals surface area contributed by atoms with Crippen molar-refractivity contribution >= 4 is 28.8 Å². The van der Waals surface area contributed by atoms with Gasteiger partial charge in [0.25, 0.3) is 5.91 Å². The lowest BCUT2D eigenvalue weighted by Gasteiger charge is -2.36. The number of nitrogens with zero attached hydrogens (tertiary/aromatic N) is 3. The molecule has 1 unspecified atom stereocenters. The molecule has 4 rings (SSSR count). The zero-order valence-electron chi connectivity index (χ0n) is 14.9. The zero-order chi connectivity index (χ0) is 18.1. The van der Waals surface area contributed by atoms with Gasteiger partial charge in [-0.1, -0.05) is 24.3 Å². The van der Waals surface area contributed by atoms with E-state index in [1.54, 1.807) is 11.3 Å². The van der Waals surface area contributed by atoms with Gasteiger partial charge in [0.2, 0.25) is 5.91 Å². The zero-order valence-corrected chi connectivity index (χ0v) is 15.7. The number of carbonyl (C=O) groups excluding carboxylic acids is 2. The highest BCUT2D eigenvalue weighted by Gasteiger charge is 2.43. The van der Waals surface area contributed by atoms with Crippen LogP contribution in [0.2, 0.25) is 0 Å². The molecule has 2 aliphatic rings. The number of hydrogen-bond acceptors (Lipinski definition) is 5. The average Bonchev–Trinajstić information content (AvgIpc) is 3.25. The predicted octanol–water partition coefficient (Wildman–Crippen LogP) is 2.51. The van der Waals surface area contributed by atoms with Gasteiger partial charge in [0.15, 0.2) is 0 Å². The monoisotopic (exact) mass is 369 g/mol. The molecule has 3 heterocycles. The Hall–Kier alpha value is -2.02. The van der Waals surface area contributed by atoms with Crippen molar-refractivity contribution in [2.75, 3.05) is 31.1 Å². The quantitative estimate of drug-likeness (QED) is 0.777. The summed E-state index contributed by atoms with van der Waals surface area (Å²) in [5.41, 5.74) is 1.68. The topological polar surface area (TPSA) is 43.9 Å². The van der Waals surface area contributed by atoms with Gasteiger partial charge in [-0.05, 0) is 30.0 Å². The number of para-hydroxylation sites is 1. The van der Waals surface area contributed by atoms with Gasteiger partial charge in [-0.2, -0.15) is 0 Å². The van der Waals surface area contributed by atoms with Gasteiger partial charge < -0.3 is 0 Å². The summed E-state index contributed by atoms with van der Waals surface area (Å²) in [6, 6.07) is 11.5. The van der Waals surface area contributed by atoms with E-state index in [1.165, 1.54) is 9.78 Å². The van der Waals surface area contributed by atoms with Crippen LogP contribution in [0.15, 0.2) is 41.8 Å². The highest BCUT2D eigenvalue weighted by Crippen LogP contribution is 2.28. The number of carbonyl (C=O) groups is 2. The molecular weight excluding hydrogens is 346 g/mol. The van der Waals surface area contributed by atoms with E-state index < -0.39 is 0 Å². The third kappa shape index (κ3) is 3.32. The number of imide groups is 1. The smallest absolute Gasteiger partial charge is 0.251 e. The summed E-state index contributed by atoms with van der Waals surface area (Å²) < 4.78 is 0. The summed E-state index contributed by atoms with van der Waals surface area (Å²) >= 11 is 1.78. The summed E-state index contributed by atoms with van der Waals surface area (Å²) in [6.07, 6.45) is 0.290. The molecule has 2 aliphatic heterocycles. The summed E-state index contributed by atoms with van der Waals surface area (Å²) in [6.45, 7) is 6.43. The Morgan fingerprint density at radius 1 is 1.04 bits per heavy atom. The van der Waals surface area contributed by atoms with E-state index in [4.69, 9.17) is 0 Å². The minimum atomic E-state index is -0.314. The molecule has 2 aromatic rings. The molecule has 2 fully saturated rings. The van der Waals surface area contributed by atoms with E-state index in [-0.39, 0.29) is 24.3 Å². The van der Waals surface area contributed by atoms with Crippen molar-refractivity contribution in [3.63, 3.8) is 0 Å². The first-order chi connectivity index (χ1) is 12.6. The number of aryl methyl sites for hydroxylation is 1. The standard InChI is InChI=1S/C20H23N3O2S/c1-15-5-2-3-7-17(15)23-19(24)13-18(20(23)25)22-10-8-21(9-11-22)14-16-6-4-12-26-16/h2-7,12,18H,8-11,13-14H2,1H3. The Morgan fingerprint density at radius 3 is 2.50 bits per heavy atom. The maximum absolute atomic E-state index is 13.0. The van der Waals surface area contributed by atoms with Crippen LogP contribution in [0.5, 0.6) is 0 Å². The fourth-order valence-corrected chi connectivity index (χ4v) is 4.57. The second-order valence-corrected chi connectivity index (χ2v) is 8.00. The van der Waals surface area contributed by atoms with Crippen LogP contribution in [0.3, 0.4) is 0 Å². The van der Waals surface area contributed by atoms with Gasteiger partial charge in [0, 0.05) is 37.6 Å². The number of piperazine rings is 1. The van der Waals surface area contributed by atoms with Crippen LogP contribution in [0.4, 0.5) is 5.69 Å². The molecule has 136 valence electrons. The van der Waals surface area contributed by atoms with Crippen LogP contribution in [0, 0.1) is 6.92 Å². The minimum absolute atomic E-state index is 0.0731. The van der Waals surface area contributed by atoms with E-state index >= 15 is 0 Å². The van der Waals surface area contributed by atoms with E-state index in [0.717, 1.165) is 44.0 Å². The molecule has 1 aromatic heterocycles. The lowest BCUT2D eigenvalue weighted by Crippen LogP contribution is -2.52. The molecule has 2 amide bonds. The van der Waals surface area contributed by atoms with Gasteiger partial charge >= 0.3 is 0 Å². The summed E-state index contributed by atoms with van der Waals surface area (Å²) in [4.78, 5) is 32.9. The van der Waals surface area contributed by atoms with Crippen LogP contribution < -0.4 is 4.90 Å². The molecule has 0 bridgehead atoms. The van der Waals surface area contributed by atoms with Crippen LogP contribution in [0.25, 0.3) is 0 Å². The van der Waals surface area contributed by atoms with Crippen molar-refractivity contribution in [3.8, 4) is 0 Å². The summed E-state index contributed by atoms with van der Waals surface area (Å²) in [7, 11) is 0. The molecule has 0 N–H and O–H groups in total. The van der Waals surface area contributed by atoms with Gasteiger partial charge in [-0.15, -0.1) is 11.3 Å². The molecule has 1 aromatic carbocycles. The fourth-order valence-electron chi connectivity index (χ4n) is 3.82.